The highest BCUT2D eigenvalue weighted by Gasteiger charge is 2.36. The van der Waals surface area contributed by atoms with E-state index in [1.807, 2.05) is 0 Å². The van der Waals surface area contributed by atoms with Crippen molar-refractivity contribution in [2.24, 2.45) is 5.92 Å². The fraction of sp³-hybridized carbons (Fsp3) is 0.571. The van der Waals surface area contributed by atoms with Crippen molar-refractivity contribution in [2.75, 3.05) is 19.8 Å². The molecular formula is C14H19Cl2NO3S. The van der Waals surface area contributed by atoms with Gasteiger partial charge in [0.2, 0.25) is 10.0 Å². The topological polar surface area (TPSA) is 55.4 Å². The SMILES string of the molecule is CCNS(=O)(=O)[C@@H]1CCOC[C@H]1Cc1cc(Cl)ccc1Cl. The maximum Gasteiger partial charge on any atom is 0.214 e. The monoisotopic (exact) mass is 351 g/mol. The summed E-state index contributed by atoms with van der Waals surface area (Å²) in [7, 11) is -3.33. The zero-order valence-electron chi connectivity index (χ0n) is 11.8. The second-order valence-corrected chi connectivity index (χ2v) is 7.97. The molecular weight excluding hydrogens is 333 g/mol. The molecule has 1 fully saturated rings. The summed E-state index contributed by atoms with van der Waals surface area (Å²) in [4.78, 5) is 0. The highest BCUT2D eigenvalue weighted by molar-refractivity contribution is 7.90. The van der Waals surface area contributed by atoms with Crippen LogP contribution in [0.4, 0.5) is 0 Å². The van der Waals surface area contributed by atoms with Gasteiger partial charge in [-0.2, -0.15) is 0 Å². The Bertz CT molecular complexity index is 592. The maximum atomic E-state index is 12.3. The number of ether oxygens (including phenoxy) is 1. The van der Waals surface area contributed by atoms with Crippen LogP contribution in [0.2, 0.25) is 10.0 Å². The molecule has 0 spiro atoms. The smallest absolute Gasteiger partial charge is 0.214 e. The molecule has 1 heterocycles. The number of sulfonamides is 1. The van der Waals surface area contributed by atoms with Gasteiger partial charge in [-0.3, -0.25) is 0 Å². The third-order valence-corrected chi connectivity index (χ3v) is 6.35. The lowest BCUT2D eigenvalue weighted by molar-refractivity contribution is 0.0570. The van der Waals surface area contributed by atoms with Crippen molar-refractivity contribution >= 4 is 33.2 Å². The molecule has 118 valence electrons. The van der Waals surface area contributed by atoms with Crippen molar-refractivity contribution in [1.29, 1.82) is 0 Å². The summed E-state index contributed by atoms with van der Waals surface area (Å²) in [6.07, 6.45) is 1.03. The molecule has 0 aliphatic carbocycles. The molecule has 4 nitrogen and oxygen atoms in total. The molecule has 0 bridgehead atoms. The van der Waals surface area contributed by atoms with Crippen LogP contribution in [-0.2, 0) is 21.2 Å². The summed E-state index contributed by atoms with van der Waals surface area (Å²) in [6, 6.07) is 5.24. The van der Waals surface area contributed by atoms with E-state index in [0.717, 1.165) is 5.56 Å². The van der Waals surface area contributed by atoms with E-state index >= 15 is 0 Å². The zero-order valence-corrected chi connectivity index (χ0v) is 14.1. The zero-order chi connectivity index (χ0) is 15.5. The molecule has 1 aliphatic heterocycles. The van der Waals surface area contributed by atoms with Gasteiger partial charge >= 0.3 is 0 Å². The largest absolute Gasteiger partial charge is 0.381 e. The highest BCUT2D eigenvalue weighted by Crippen LogP contribution is 2.29. The first-order valence-corrected chi connectivity index (χ1v) is 9.24. The Morgan fingerprint density at radius 2 is 2.14 bits per heavy atom. The lowest BCUT2D eigenvalue weighted by Gasteiger charge is -2.31. The molecule has 0 aromatic heterocycles. The minimum atomic E-state index is -3.33. The summed E-state index contributed by atoms with van der Waals surface area (Å²) in [5.41, 5.74) is 0.858. The van der Waals surface area contributed by atoms with Gasteiger partial charge < -0.3 is 4.74 Å². The van der Waals surface area contributed by atoms with Gasteiger partial charge in [-0.25, -0.2) is 13.1 Å². The molecule has 1 aliphatic rings. The molecule has 0 radical (unpaired) electrons. The van der Waals surface area contributed by atoms with E-state index in [1.165, 1.54) is 0 Å². The average molecular weight is 352 g/mol. The third kappa shape index (κ3) is 4.33. The van der Waals surface area contributed by atoms with E-state index in [9.17, 15) is 8.42 Å². The molecule has 1 saturated heterocycles. The van der Waals surface area contributed by atoms with Crippen molar-refractivity contribution < 1.29 is 13.2 Å². The Hall–Kier alpha value is -0.330. The molecule has 2 atom stereocenters. The predicted molar refractivity (Wildman–Crippen MR) is 85.5 cm³/mol. The van der Waals surface area contributed by atoms with Crippen molar-refractivity contribution in [2.45, 2.75) is 25.0 Å². The van der Waals surface area contributed by atoms with Gasteiger partial charge in [-0.15, -0.1) is 0 Å². The molecule has 0 amide bonds. The van der Waals surface area contributed by atoms with E-state index in [-0.39, 0.29) is 5.92 Å². The molecule has 1 N–H and O–H groups in total. The molecule has 2 rings (SSSR count). The summed E-state index contributed by atoms with van der Waals surface area (Å²) >= 11 is 12.2. The second kappa shape index (κ2) is 7.29. The van der Waals surface area contributed by atoms with Gasteiger partial charge in [0.05, 0.1) is 11.9 Å². The summed E-state index contributed by atoms with van der Waals surface area (Å²) in [5.74, 6) is -0.126. The van der Waals surface area contributed by atoms with E-state index in [1.54, 1.807) is 25.1 Å². The van der Waals surface area contributed by atoms with Gasteiger partial charge in [0.25, 0.3) is 0 Å². The van der Waals surface area contributed by atoms with Crippen LogP contribution in [0.3, 0.4) is 0 Å². The van der Waals surface area contributed by atoms with E-state index in [2.05, 4.69) is 4.72 Å². The van der Waals surface area contributed by atoms with Crippen LogP contribution in [0.5, 0.6) is 0 Å². The molecule has 21 heavy (non-hydrogen) atoms. The van der Waals surface area contributed by atoms with Gasteiger partial charge in [0.15, 0.2) is 0 Å². The fourth-order valence-electron chi connectivity index (χ4n) is 2.67. The summed E-state index contributed by atoms with van der Waals surface area (Å²) < 4.78 is 32.7. The van der Waals surface area contributed by atoms with Crippen LogP contribution >= 0.6 is 23.2 Å². The molecule has 1 aromatic carbocycles. The Labute approximate surface area is 135 Å². The van der Waals surface area contributed by atoms with E-state index in [4.69, 9.17) is 27.9 Å². The Kier molecular flexibility index (Phi) is 5.91. The normalized spacial score (nSPS) is 23.2. The molecule has 0 saturated carbocycles. The van der Waals surface area contributed by atoms with Crippen LogP contribution < -0.4 is 4.72 Å². The standard InChI is InChI=1S/C14H19Cl2NO3S/c1-2-17-21(18,19)14-5-6-20-9-11(14)7-10-8-12(15)3-4-13(10)16/h3-4,8,11,14,17H,2,5-7,9H2,1H3/t11-,14-/m1/s1. The second-order valence-electron chi connectivity index (χ2n) is 5.14. The van der Waals surface area contributed by atoms with Crippen LogP contribution in [0.15, 0.2) is 18.2 Å². The number of hydrogen-bond acceptors (Lipinski definition) is 3. The first-order chi connectivity index (χ1) is 9.94. The molecule has 7 heteroatoms. The minimum absolute atomic E-state index is 0.126. The quantitative estimate of drug-likeness (QED) is 0.887. The maximum absolute atomic E-state index is 12.3. The fourth-order valence-corrected chi connectivity index (χ4v) is 4.76. The first kappa shape index (κ1) is 17.0. The minimum Gasteiger partial charge on any atom is -0.381 e. The van der Waals surface area contributed by atoms with Gasteiger partial charge in [0.1, 0.15) is 0 Å². The first-order valence-electron chi connectivity index (χ1n) is 6.94. The van der Waals surface area contributed by atoms with Crippen molar-refractivity contribution in [1.82, 2.24) is 4.72 Å². The van der Waals surface area contributed by atoms with Crippen molar-refractivity contribution in [3.8, 4) is 0 Å². The van der Waals surface area contributed by atoms with E-state index in [0.29, 0.717) is 42.6 Å². The van der Waals surface area contributed by atoms with Crippen molar-refractivity contribution in [3.63, 3.8) is 0 Å². The third-order valence-electron chi connectivity index (χ3n) is 3.64. The van der Waals surface area contributed by atoms with E-state index < -0.39 is 15.3 Å². The number of hydrogen-bond donors (Lipinski definition) is 1. The number of rotatable bonds is 5. The van der Waals surface area contributed by atoms with Crippen LogP contribution in [0.1, 0.15) is 18.9 Å². The number of nitrogens with one attached hydrogen (secondary N) is 1. The summed E-state index contributed by atoms with van der Waals surface area (Å²) in [6.45, 7) is 3.05. The highest BCUT2D eigenvalue weighted by atomic mass is 35.5. The summed E-state index contributed by atoms with van der Waals surface area (Å²) in [5, 5.41) is 0.739. The molecule has 1 aromatic rings. The van der Waals surface area contributed by atoms with Crippen LogP contribution in [0, 0.1) is 5.92 Å². The van der Waals surface area contributed by atoms with Gasteiger partial charge in [-0.05, 0) is 36.6 Å². The van der Waals surface area contributed by atoms with Gasteiger partial charge in [-0.1, -0.05) is 30.1 Å². The Balaban J connectivity index is 2.21. The van der Waals surface area contributed by atoms with Crippen LogP contribution in [0.25, 0.3) is 0 Å². The van der Waals surface area contributed by atoms with Crippen molar-refractivity contribution in [3.05, 3.63) is 33.8 Å². The Morgan fingerprint density at radius 3 is 2.86 bits per heavy atom. The molecule has 0 unspecified atom stereocenters. The van der Waals surface area contributed by atoms with Crippen LogP contribution in [-0.4, -0.2) is 33.4 Å². The predicted octanol–water partition coefficient (Wildman–Crippen LogP) is 2.88. The van der Waals surface area contributed by atoms with Gasteiger partial charge in [0, 0.05) is 29.1 Å². The lowest BCUT2D eigenvalue weighted by Crippen LogP contribution is -2.44. The average Bonchev–Trinajstić information content (AvgIpc) is 2.43. The Morgan fingerprint density at radius 1 is 1.38 bits per heavy atom. The number of halogens is 2. The number of benzene rings is 1. The lowest BCUT2D eigenvalue weighted by atomic mass is 9.93.